The summed E-state index contributed by atoms with van der Waals surface area (Å²) >= 11 is 3.43. The number of esters is 1. The molecular weight excluding hydrogens is 336 g/mol. The van der Waals surface area contributed by atoms with Crippen molar-refractivity contribution in [1.82, 2.24) is 0 Å². The van der Waals surface area contributed by atoms with Crippen LogP contribution in [0.25, 0.3) is 0 Å². The van der Waals surface area contributed by atoms with Gasteiger partial charge in [-0.25, -0.2) is 4.79 Å². The minimum Gasteiger partial charge on any atom is -0.688 e. The number of carbonyl (C=O) groups is 1. The van der Waals surface area contributed by atoms with Crippen molar-refractivity contribution in [2.24, 2.45) is 0 Å². The lowest BCUT2D eigenvalue weighted by molar-refractivity contribution is 0.0598. The van der Waals surface area contributed by atoms with Crippen molar-refractivity contribution in [3.05, 3.63) is 29.3 Å². The second kappa shape index (κ2) is 6.31. The van der Waals surface area contributed by atoms with Gasteiger partial charge in [-0.2, -0.15) is 0 Å². The summed E-state index contributed by atoms with van der Waals surface area (Å²) in [5, 5.41) is 0.799. The Labute approximate surface area is 130 Å². The zero-order chi connectivity index (χ0) is 15.6. The number of hydrogen-bond donors (Lipinski definition) is 0. The van der Waals surface area contributed by atoms with Gasteiger partial charge in [0.1, 0.15) is 0 Å². The topological polar surface area (TPSA) is 35.5 Å². The first-order valence-electron chi connectivity index (χ1n) is 6.58. The van der Waals surface area contributed by atoms with Crippen molar-refractivity contribution in [3.8, 4) is 5.75 Å². The van der Waals surface area contributed by atoms with Crippen molar-refractivity contribution in [3.63, 3.8) is 0 Å². The molecule has 1 aromatic carbocycles. The van der Waals surface area contributed by atoms with Crippen LogP contribution in [0.15, 0.2) is 18.2 Å². The summed E-state index contributed by atoms with van der Waals surface area (Å²) in [7, 11) is -0.609. The van der Waals surface area contributed by atoms with E-state index < -0.39 is 8.32 Å². The van der Waals surface area contributed by atoms with E-state index in [-0.39, 0.29) is 11.0 Å². The number of carbonyl (C=O) groups excluding carboxylic acids is 1. The molecule has 5 heteroatoms. The zero-order valence-corrected chi connectivity index (χ0v) is 15.6. The normalized spacial score (nSPS) is 12.2. The van der Waals surface area contributed by atoms with Crippen LogP contribution in [0.3, 0.4) is 0 Å². The first kappa shape index (κ1) is 17.2. The fourth-order valence-corrected chi connectivity index (χ4v) is 2.81. The van der Waals surface area contributed by atoms with E-state index in [1.54, 1.807) is 6.07 Å². The van der Waals surface area contributed by atoms with Crippen LogP contribution in [0.4, 0.5) is 0 Å². The Morgan fingerprint density at radius 3 is 2.35 bits per heavy atom. The van der Waals surface area contributed by atoms with Crippen LogP contribution in [0, 0.1) is 0 Å². The van der Waals surface area contributed by atoms with Gasteiger partial charge in [-0.1, -0.05) is 42.8 Å². The SMILES string of the molecule is COC(=O)c1ccc(CBr)cc1O[Si-](C)(C)C(C)(C)C. The number of rotatable bonds is 4. The van der Waals surface area contributed by atoms with Gasteiger partial charge in [-0.05, 0) is 17.7 Å². The Kier molecular flexibility index (Phi) is 5.44. The molecule has 0 aromatic heterocycles. The van der Waals surface area contributed by atoms with E-state index in [2.05, 4.69) is 49.8 Å². The Balaban J connectivity index is 3.24. The van der Waals surface area contributed by atoms with Gasteiger partial charge in [-0.3, -0.25) is 0 Å². The molecule has 0 aliphatic rings. The number of alkyl halides is 1. The lowest BCUT2D eigenvalue weighted by Gasteiger charge is -2.49. The molecule has 1 rings (SSSR count). The van der Waals surface area contributed by atoms with Gasteiger partial charge in [0.2, 0.25) is 0 Å². The molecule has 0 atom stereocenters. The van der Waals surface area contributed by atoms with Crippen molar-refractivity contribution in [2.75, 3.05) is 7.11 Å². The molecule has 0 aliphatic heterocycles. The number of hydrogen-bond acceptors (Lipinski definition) is 3. The fourth-order valence-electron chi connectivity index (χ4n) is 1.44. The van der Waals surface area contributed by atoms with E-state index in [9.17, 15) is 4.79 Å². The average Bonchev–Trinajstić information content (AvgIpc) is 2.36. The standard InChI is InChI=1S/C15H23BrO3Si/c1-15(2,3)20(5,6)19-13-9-11(10-16)7-8-12(13)14(17)18-4/h7-9H,10H2,1-6H3/q-1. The molecule has 0 radical (unpaired) electrons. The lowest BCUT2D eigenvalue weighted by atomic mass is 10.1. The molecule has 0 amide bonds. The Bertz CT molecular complexity index is 492. The van der Waals surface area contributed by atoms with Crippen molar-refractivity contribution in [2.45, 2.75) is 44.2 Å². The van der Waals surface area contributed by atoms with E-state index in [4.69, 9.17) is 9.16 Å². The van der Waals surface area contributed by atoms with Gasteiger partial charge in [0.15, 0.2) is 0 Å². The molecule has 0 spiro atoms. The van der Waals surface area contributed by atoms with Gasteiger partial charge in [-0.15, -0.1) is 18.1 Å². The van der Waals surface area contributed by atoms with E-state index in [0.717, 1.165) is 10.9 Å². The molecule has 0 saturated heterocycles. The van der Waals surface area contributed by atoms with E-state index in [0.29, 0.717) is 11.3 Å². The summed E-state index contributed by atoms with van der Waals surface area (Å²) in [4.78, 5) is 11.9. The Hall–Kier alpha value is -0.813. The highest BCUT2D eigenvalue weighted by atomic mass is 79.9. The van der Waals surface area contributed by atoms with Crippen LogP contribution in [0.5, 0.6) is 5.75 Å². The summed E-state index contributed by atoms with van der Waals surface area (Å²) in [5.74, 6) is 0.264. The van der Waals surface area contributed by atoms with E-state index in [1.165, 1.54) is 7.11 Å². The molecule has 113 valence electrons. The van der Waals surface area contributed by atoms with Crippen molar-refractivity contribution < 1.29 is 14.0 Å². The first-order valence-corrected chi connectivity index (χ1v) is 10.6. The van der Waals surface area contributed by atoms with Crippen LogP contribution in [0.1, 0.15) is 36.7 Å². The summed E-state index contributed by atoms with van der Waals surface area (Å²) in [6.07, 6.45) is 0. The van der Waals surface area contributed by atoms with Crippen LogP contribution >= 0.6 is 15.9 Å². The van der Waals surface area contributed by atoms with Gasteiger partial charge in [0, 0.05) is 13.6 Å². The minimum absolute atomic E-state index is 0.0742. The lowest BCUT2D eigenvalue weighted by Crippen LogP contribution is -2.44. The molecule has 0 saturated carbocycles. The quantitative estimate of drug-likeness (QED) is 0.442. The minimum atomic E-state index is -1.99. The third-order valence-corrected chi connectivity index (χ3v) is 8.77. The first-order chi connectivity index (χ1) is 9.12. The zero-order valence-electron chi connectivity index (χ0n) is 13.0. The molecule has 20 heavy (non-hydrogen) atoms. The summed E-state index contributed by atoms with van der Waals surface area (Å²) in [6.45, 7) is 10.8. The average molecular weight is 359 g/mol. The van der Waals surface area contributed by atoms with Gasteiger partial charge < -0.3 is 9.16 Å². The maximum Gasteiger partial charge on any atom is 0.341 e. The highest BCUT2D eigenvalue weighted by Gasteiger charge is 2.28. The molecule has 0 heterocycles. The third-order valence-electron chi connectivity index (χ3n) is 3.78. The van der Waals surface area contributed by atoms with Gasteiger partial charge >= 0.3 is 5.97 Å². The third kappa shape index (κ3) is 3.85. The molecule has 1 aromatic rings. The summed E-state index contributed by atoms with van der Waals surface area (Å²) in [5.41, 5.74) is 1.56. The van der Waals surface area contributed by atoms with Crippen LogP contribution < -0.4 is 4.43 Å². The Morgan fingerprint density at radius 2 is 1.90 bits per heavy atom. The summed E-state index contributed by atoms with van der Waals surface area (Å²) in [6, 6.07) is 5.59. The maximum atomic E-state index is 11.9. The van der Waals surface area contributed by atoms with E-state index >= 15 is 0 Å². The number of ether oxygens (including phenoxy) is 1. The van der Waals surface area contributed by atoms with Gasteiger partial charge in [0.05, 0.1) is 18.4 Å². The largest absolute Gasteiger partial charge is 0.688 e. The molecule has 0 N–H and O–H groups in total. The number of halogens is 1. The maximum absolute atomic E-state index is 11.9. The second-order valence-corrected chi connectivity index (χ2v) is 11.6. The van der Waals surface area contributed by atoms with Gasteiger partial charge in [0.25, 0.3) is 0 Å². The van der Waals surface area contributed by atoms with Crippen molar-refractivity contribution in [1.29, 1.82) is 0 Å². The van der Waals surface area contributed by atoms with Crippen LogP contribution in [-0.2, 0) is 10.1 Å². The monoisotopic (exact) mass is 358 g/mol. The summed E-state index contributed by atoms with van der Waals surface area (Å²) < 4.78 is 11.1. The molecule has 0 unspecified atom stereocenters. The van der Waals surface area contributed by atoms with E-state index in [1.807, 2.05) is 12.1 Å². The molecule has 0 bridgehead atoms. The van der Waals surface area contributed by atoms with Crippen LogP contribution in [0.2, 0.25) is 18.1 Å². The fraction of sp³-hybridized carbons (Fsp3) is 0.533. The predicted octanol–water partition coefficient (Wildman–Crippen LogP) is 4.75. The highest BCUT2D eigenvalue weighted by Crippen LogP contribution is 2.38. The molecule has 0 fully saturated rings. The number of methoxy groups -OCH3 is 1. The molecule has 3 nitrogen and oxygen atoms in total. The Morgan fingerprint density at radius 1 is 1.30 bits per heavy atom. The molecule has 0 aliphatic carbocycles. The molecular formula is C15H23BrO3Si-. The van der Waals surface area contributed by atoms with Crippen molar-refractivity contribution >= 4 is 30.2 Å². The smallest absolute Gasteiger partial charge is 0.341 e. The van der Waals surface area contributed by atoms with Crippen LogP contribution in [-0.4, -0.2) is 21.4 Å². The highest BCUT2D eigenvalue weighted by molar-refractivity contribution is 9.08. The second-order valence-electron chi connectivity index (χ2n) is 6.32. The number of benzene rings is 1. The predicted molar refractivity (Wildman–Crippen MR) is 88.2 cm³/mol.